The van der Waals surface area contributed by atoms with E-state index in [1.54, 1.807) is 21.0 Å². The molecular formula is C20H27F3N2O2. The van der Waals surface area contributed by atoms with Gasteiger partial charge in [-0.3, -0.25) is 9.59 Å². The van der Waals surface area contributed by atoms with Crippen LogP contribution in [0.25, 0.3) is 0 Å². The van der Waals surface area contributed by atoms with Gasteiger partial charge in [-0.2, -0.15) is 13.2 Å². The fraction of sp³-hybridized carbons (Fsp3) is 0.600. The molecule has 2 atom stereocenters. The largest absolute Gasteiger partial charge is 0.416 e. The van der Waals surface area contributed by atoms with Gasteiger partial charge in [0.1, 0.15) is 0 Å². The SMILES string of the molecule is CN(C)C(=O)C1CCC(C)(C(=O)NCc2ccccc2C(F)(F)F)C1(C)C. The van der Waals surface area contributed by atoms with Gasteiger partial charge in [0.05, 0.1) is 11.0 Å². The van der Waals surface area contributed by atoms with E-state index in [9.17, 15) is 22.8 Å². The first-order chi connectivity index (χ1) is 12.3. The predicted molar refractivity (Wildman–Crippen MR) is 96.6 cm³/mol. The number of carbonyl (C=O) groups excluding carboxylic acids is 2. The van der Waals surface area contributed by atoms with Gasteiger partial charge in [0.15, 0.2) is 0 Å². The molecule has 0 spiro atoms. The minimum Gasteiger partial charge on any atom is -0.352 e. The number of nitrogens with zero attached hydrogens (tertiary/aromatic N) is 1. The van der Waals surface area contributed by atoms with Crippen LogP contribution in [0.3, 0.4) is 0 Å². The first kappa shape index (κ1) is 21.3. The van der Waals surface area contributed by atoms with E-state index >= 15 is 0 Å². The Balaban J connectivity index is 2.19. The van der Waals surface area contributed by atoms with Gasteiger partial charge in [0, 0.05) is 26.6 Å². The molecule has 1 aromatic rings. The number of alkyl halides is 3. The number of amides is 2. The second-order valence-electron chi connectivity index (χ2n) is 8.22. The topological polar surface area (TPSA) is 49.4 Å². The lowest BCUT2D eigenvalue weighted by Crippen LogP contribution is -2.49. The fourth-order valence-corrected chi connectivity index (χ4v) is 3.97. The van der Waals surface area contributed by atoms with Crippen LogP contribution in [-0.4, -0.2) is 30.8 Å². The molecule has 2 unspecified atom stereocenters. The minimum atomic E-state index is -4.47. The summed E-state index contributed by atoms with van der Waals surface area (Å²) < 4.78 is 39.4. The van der Waals surface area contributed by atoms with Gasteiger partial charge in [-0.25, -0.2) is 0 Å². The summed E-state index contributed by atoms with van der Waals surface area (Å²) in [5.41, 5.74) is -2.17. The molecule has 2 rings (SSSR count). The first-order valence-electron chi connectivity index (χ1n) is 8.97. The molecule has 1 aliphatic carbocycles. The highest BCUT2D eigenvalue weighted by Crippen LogP contribution is 2.56. The van der Waals surface area contributed by atoms with E-state index in [1.807, 2.05) is 13.8 Å². The van der Waals surface area contributed by atoms with Crippen LogP contribution in [0.5, 0.6) is 0 Å². The molecule has 0 bridgehead atoms. The van der Waals surface area contributed by atoms with Crippen molar-refractivity contribution in [3.05, 3.63) is 35.4 Å². The zero-order valence-electron chi connectivity index (χ0n) is 16.4. The summed E-state index contributed by atoms with van der Waals surface area (Å²) in [4.78, 5) is 26.9. The van der Waals surface area contributed by atoms with Crippen molar-refractivity contribution in [1.29, 1.82) is 0 Å². The molecule has 7 heteroatoms. The Morgan fingerprint density at radius 2 is 1.78 bits per heavy atom. The van der Waals surface area contributed by atoms with Crippen LogP contribution in [0.4, 0.5) is 13.2 Å². The van der Waals surface area contributed by atoms with Gasteiger partial charge in [0.2, 0.25) is 11.8 Å². The fourth-order valence-electron chi connectivity index (χ4n) is 3.97. The van der Waals surface area contributed by atoms with E-state index in [4.69, 9.17) is 0 Å². The smallest absolute Gasteiger partial charge is 0.352 e. The van der Waals surface area contributed by atoms with Crippen LogP contribution < -0.4 is 5.32 Å². The summed E-state index contributed by atoms with van der Waals surface area (Å²) in [5.74, 6) is -0.650. The summed E-state index contributed by atoms with van der Waals surface area (Å²) in [5, 5.41) is 2.67. The van der Waals surface area contributed by atoms with Gasteiger partial charge in [-0.05, 0) is 29.9 Å². The van der Waals surface area contributed by atoms with E-state index in [-0.39, 0.29) is 29.8 Å². The molecule has 0 aliphatic heterocycles. The maximum absolute atomic E-state index is 13.1. The molecule has 0 aromatic heterocycles. The molecule has 0 saturated heterocycles. The Kier molecular flexibility index (Phi) is 5.64. The number of nitrogens with one attached hydrogen (secondary N) is 1. The first-order valence-corrected chi connectivity index (χ1v) is 8.97. The predicted octanol–water partition coefficient (Wildman–Crippen LogP) is 3.85. The maximum atomic E-state index is 13.1. The molecule has 27 heavy (non-hydrogen) atoms. The number of hydrogen-bond acceptors (Lipinski definition) is 2. The Morgan fingerprint density at radius 3 is 2.33 bits per heavy atom. The van der Waals surface area contributed by atoms with E-state index in [2.05, 4.69) is 5.32 Å². The summed E-state index contributed by atoms with van der Waals surface area (Å²) in [6.07, 6.45) is -3.38. The molecule has 1 aliphatic rings. The van der Waals surface area contributed by atoms with Crippen LogP contribution >= 0.6 is 0 Å². The molecular weight excluding hydrogens is 357 g/mol. The van der Waals surface area contributed by atoms with Crippen LogP contribution in [-0.2, 0) is 22.3 Å². The molecule has 1 saturated carbocycles. The van der Waals surface area contributed by atoms with Gasteiger partial charge in [-0.1, -0.05) is 39.0 Å². The van der Waals surface area contributed by atoms with Crippen LogP contribution in [0.15, 0.2) is 24.3 Å². The number of benzene rings is 1. The Labute approximate surface area is 158 Å². The third-order valence-electron chi connectivity index (χ3n) is 6.23. The number of hydrogen-bond donors (Lipinski definition) is 1. The van der Waals surface area contributed by atoms with Crippen LogP contribution in [0, 0.1) is 16.7 Å². The lowest BCUT2D eigenvalue weighted by Gasteiger charge is -2.40. The zero-order valence-corrected chi connectivity index (χ0v) is 16.4. The average Bonchev–Trinajstić information content (AvgIpc) is 2.82. The minimum absolute atomic E-state index is 0.0265. The van der Waals surface area contributed by atoms with E-state index in [0.717, 1.165) is 6.07 Å². The number of rotatable bonds is 4. The summed E-state index contributed by atoms with van der Waals surface area (Å²) >= 11 is 0. The highest BCUT2D eigenvalue weighted by molar-refractivity contribution is 5.87. The second kappa shape index (κ2) is 7.17. The summed E-state index contributed by atoms with van der Waals surface area (Å²) in [7, 11) is 3.37. The Bertz CT molecular complexity index is 728. The van der Waals surface area contributed by atoms with Crippen LogP contribution in [0.1, 0.15) is 44.7 Å². The van der Waals surface area contributed by atoms with Gasteiger partial charge >= 0.3 is 6.18 Å². The van der Waals surface area contributed by atoms with Gasteiger partial charge in [-0.15, -0.1) is 0 Å². The normalized spacial score (nSPS) is 24.5. The summed E-state index contributed by atoms with van der Waals surface area (Å²) in [6, 6.07) is 5.22. The molecule has 0 heterocycles. The third kappa shape index (κ3) is 3.82. The lowest BCUT2D eigenvalue weighted by atomic mass is 9.65. The van der Waals surface area contributed by atoms with Crippen molar-refractivity contribution in [2.45, 2.75) is 46.3 Å². The highest BCUT2D eigenvalue weighted by Gasteiger charge is 2.58. The van der Waals surface area contributed by atoms with E-state index in [0.29, 0.717) is 12.8 Å². The van der Waals surface area contributed by atoms with Crippen molar-refractivity contribution in [3.63, 3.8) is 0 Å². The highest BCUT2D eigenvalue weighted by atomic mass is 19.4. The van der Waals surface area contributed by atoms with Crippen molar-refractivity contribution >= 4 is 11.8 Å². The van der Waals surface area contributed by atoms with E-state index < -0.39 is 22.6 Å². The van der Waals surface area contributed by atoms with Crippen molar-refractivity contribution in [1.82, 2.24) is 10.2 Å². The second-order valence-corrected chi connectivity index (χ2v) is 8.22. The van der Waals surface area contributed by atoms with Crippen molar-refractivity contribution in [2.24, 2.45) is 16.7 Å². The van der Waals surface area contributed by atoms with Gasteiger partial charge < -0.3 is 10.2 Å². The summed E-state index contributed by atoms with van der Waals surface area (Å²) in [6.45, 7) is 5.36. The average molecular weight is 384 g/mol. The number of carbonyl (C=O) groups is 2. The lowest BCUT2D eigenvalue weighted by molar-refractivity contribution is -0.143. The third-order valence-corrected chi connectivity index (χ3v) is 6.23. The monoisotopic (exact) mass is 384 g/mol. The molecule has 1 fully saturated rings. The molecule has 0 radical (unpaired) electrons. The van der Waals surface area contributed by atoms with Gasteiger partial charge in [0.25, 0.3) is 0 Å². The molecule has 4 nitrogen and oxygen atoms in total. The van der Waals surface area contributed by atoms with E-state index in [1.165, 1.54) is 23.1 Å². The molecule has 1 aromatic carbocycles. The molecule has 2 amide bonds. The quantitative estimate of drug-likeness (QED) is 0.857. The zero-order chi connectivity index (χ0) is 20.6. The van der Waals surface area contributed by atoms with Crippen molar-refractivity contribution in [2.75, 3.05) is 14.1 Å². The molecule has 150 valence electrons. The van der Waals surface area contributed by atoms with Crippen molar-refractivity contribution < 1.29 is 22.8 Å². The molecule has 1 N–H and O–H groups in total. The number of halogens is 3. The van der Waals surface area contributed by atoms with Crippen LogP contribution in [0.2, 0.25) is 0 Å². The Hall–Kier alpha value is -2.05. The Morgan fingerprint density at radius 1 is 1.19 bits per heavy atom. The van der Waals surface area contributed by atoms with Crippen molar-refractivity contribution in [3.8, 4) is 0 Å². The maximum Gasteiger partial charge on any atom is 0.416 e. The standard InChI is InChI=1S/C20H27F3N2O2/c1-18(2)15(16(26)25(4)5)10-11-19(18,3)17(27)24-12-13-8-6-7-9-14(13)20(21,22)23/h6-9,15H,10-12H2,1-5H3,(H,24,27).